The number of thiocarbonyl (C=S) groups is 1. The molecule has 0 bridgehead atoms. The SMILES string of the molecule is CNc1cccc(C2CC(c3cc(C(C)C)c(O)cc3O)=NNC2=S)c1. The lowest BCUT2D eigenvalue weighted by Gasteiger charge is -2.25. The number of phenolic OH excluding ortho intramolecular Hbond substituents is 2. The molecule has 1 atom stereocenters. The van der Waals surface area contributed by atoms with Gasteiger partial charge in [0.25, 0.3) is 0 Å². The van der Waals surface area contributed by atoms with Crippen molar-refractivity contribution in [1.29, 1.82) is 0 Å². The van der Waals surface area contributed by atoms with E-state index in [4.69, 9.17) is 12.2 Å². The number of anilines is 1. The van der Waals surface area contributed by atoms with E-state index in [0.717, 1.165) is 22.5 Å². The molecular formula is C20H23N3O2S. The standard InChI is InChI=1S/C20H23N3O2S/c1-11(2)14-8-16(19(25)10-18(14)24)17-9-15(20(26)23-22-17)12-5-4-6-13(7-12)21-3/h4-8,10-11,15,21,24-25H,9H2,1-3H3,(H,23,26). The summed E-state index contributed by atoms with van der Waals surface area (Å²) in [5.74, 6) is 0.222. The summed E-state index contributed by atoms with van der Waals surface area (Å²) in [6.45, 7) is 4.00. The molecule has 2 aromatic rings. The summed E-state index contributed by atoms with van der Waals surface area (Å²) in [5, 5.41) is 27.9. The van der Waals surface area contributed by atoms with Gasteiger partial charge in [0, 0.05) is 36.7 Å². The molecule has 1 unspecified atom stereocenters. The quantitative estimate of drug-likeness (QED) is 0.611. The molecule has 1 aliphatic heterocycles. The van der Waals surface area contributed by atoms with Gasteiger partial charge in [0.2, 0.25) is 0 Å². The van der Waals surface area contributed by atoms with Crippen molar-refractivity contribution < 1.29 is 10.2 Å². The van der Waals surface area contributed by atoms with E-state index in [2.05, 4.69) is 21.9 Å². The van der Waals surface area contributed by atoms with Gasteiger partial charge in [0.1, 0.15) is 16.5 Å². The Balaban J connectivity index is 1.97. The Labute approximate surface area is 158 Å². The molecule has 0 aromatic heterocycles. The van der Waals surface area contributed by atoms with Crippen molar-refractivity contribution in [1.82, 2.24) is 5.43 Å². The average molecular weight is 369 g/mol. The molecule has 0 fully saturated rings. The fourth-order valence-corrected chi connectivity index (χ4v) is 3.44. The van der Waals surface area contributed by atoms with Crippen LogP contribution in [0.4, 0.5) is 5.69 Å². The monoisotopic (exact) mass is 369 g/mol. The van der Waals surface area contributed by atoms with Crippen LogP contribution in [0, 0.1) is 0 Å². The van der Waals surface area contributed by atoms with E-state index in [1.807, 2.05) is 45.2 Å². The highest BCUT2D eigenvalue weighted by molar-refractivity contribution is 7.80. The summed E-state index contributed by atoms with van der Waals surface area (Å²) in [6.07, 6.45) is 0.578. The van der Waals surface area contributed by atoms with Crippen molar-refractivity contribution in [3.05, 3.63) is 53.1 Å². The number of aromatic hydroxyl groups is 2. The van der Waals surface area contributed by atoms with Crippen molar-refractivity contribution in [2.75, 3.05) is 12.4 Å². The van der Waals surface area contributed by atoms with Crippen LogP contribution in [-0.4, -0.2) is 28.0 Å². The second-order valence-corrected chi connectivity index (χ2v) is 7.19. The van der Waals surface area contributed by atoms with Gasteiger partial charge in [0.15, 0.2) is 0 Å². The molecule has 0 amide bonds. The summed E-state index contributed by atoms with van der Waals surface area (Å²) in [4.78, 5) is 0.657. The zero-order chi connectivity index (χ0) is 18.8. The first-order chi connectivity index (χ1) is 12.4. The minimum atomic E-state index is -0.0264. The second-order valence-electron chi connectivity index (χ2n) is 6.75. The third kappa shape index (κ3) is 3.51. The Bertz CT molecular complexity index is 877. The second kappa shape index (κ2) is 7.33. The largest absolute Gasteiger partial charge is 0.508 e. The van der Waals surface area contributed by atoms with E-state index in [-0.39, 0.29) is 23.3 Å². The highest BCUT2D eigenvalue weighted by Crippen LogP contribution is 2.35. The fourth-order valence-electron chi connectivity index (χ4n) is 3.17. The Morgan fingerprint density at radius 1 is 1.19 bits per heavy atom. The number of hydrazone groups is 1. The highest BCUT2D eigenvalue weighted by atomic mass is 32.1. The molecule has 2 aromatic carbocycles. The number of phenols is 2. The topological polar surface area (TPSA) is 76.9 Å². The first-order valence-corrected chi connectivity index (χ1v) is 9.02. The van der Waals surface area contributed by atoms with Crippen LogP contribution in [0.15, 0.2) is 41.5 Å². The van der Waals surface area contributed by atoms with Crippen LogP contribution in [0.3, 0.4) is 0 Å². The smallest absolute Gasteiger partial charge is 0.128 e. The van der Waals surface area contributed by atoms with E-state index in [0.29, 0.717) is 17.0 Å². The molecule has 0 saturated carbocycles. The molecule has 0 spiro atoms. The first kappa shape index (κ1) is 18.2. The summed E-state index contributed by atoms with van der Waals surface area (Å²) in [6, 6.07) is 11.3. The maximum atomic E-state index is 10.3. The van der Waals surface area contributed by atoms with Crippen molar-refractivity contribution in [3.8, 4) is 11.5 Å². The molecule has 26 heavy (non-hydrogen) atoms. The molecule has 6 heteroatoms. The van der Waals surface area contributed by atoms with E-state index >= 15 is 0 Å². The maximum absolute atomic E-state index is 10.3. The zero-order valence-corrected chi connectivity index (χ0v) is 15.9. The van der Waals surface area contributed by atoms with Gasteiger partial charge in [-0.1, -0.05) is 38.2 Å². The normalized spacial score (nSPS) is 17.0. The van der Waals surface area contributed by atoms with Crippen LogP contribution in [0.25, 0.3) is 0 Å². The van der Waals surface area contributed by atoms with Gasteiger partial charge in [-0.3, -0.25) is 5.43 Å². The number of rotatable bonds is 4. The van der Waals surface area contributed by atoms with Crippen LogP contribution in [-0.2, 0) is 0 Å². The molecule has 1 aliphatic rings. The van der Waals surface area contributed by atoms with Gasteiger partial charge < -0.3 is 15.5 Å². The Hall–Kier alpha value is -2.60. The van der Waals surface area contributed by atoms with Gasteiger partial charge in [0.05, 0.1) is 5.71 Å². The lowest BCUT2D eigenvalue weighted by Crippen LogP contribution is -2.32. The molecule has 1 heterocycles. The Morgan fingerprint density at radius 2 is 1.96 bits per heavy atom. The van der Waals surface area contributed by atoms with E-state index in [1.54, 1.807) is 0 Å². The van der Waals surface area contributed by atoms with Crippen molar-refractivity contribution >= 4 is 28.6 Å². The molecule has 4 N–H and O–H groups in total. The van der Waals surface area contributed by atoms with Crippen LogP contribution in [0.5, 0.6) is 11.5 Å². The third-order valence-corrected chi connectivity index (χ3v) is 5.05. The van der Waals surface area contributed by atoms with Crippen LogP contribution in [0.2, 0.25) is 0 Å². The number of nitrogens with zero attached hydrogens (tertiary/aromatic N) is 1. The molecular weight excluding hydrogens is 346 g/mol. The molecule has 0 radical (unpaired) electrons. The van der Waals surface area contributed by atoms with Gasteiger partial charge in [-0.25, -0.2) is 0 Å². The highest BCUT2D eigenvalue weighted by Gasteiger charge is 2.26. The Morgan fingerprint density at radius 3 is 2.65 bits per heavy atom. The Kier molecular flexibility index (Phi) is 5.13. The van der Waals surface area contributed by atoms with Crippen LogP contribution >= 0.6 is 12.2 Å². The van der Waals surface area contributed by atoms with E-state index in [9.17, 15) is 10.2 Å². The average Bonchev–Trinajstić information content (AvgIpc) is 2.62. The fraction of sp³-hybridized carbons (Fsp3) is 0.300. The number of benzene rings is 2. The third-order valence-electron chi connectivity index (χ3n) is 4.67. The summed E-state index contributed by atoms with van der Waals surface area (Å²) < 4.78 is 0. The summed E-state index contributed by atoms with van der Waals surface area (Å²) in [7, 11) is 1.88. The van der Waals surface area contributed by atoms with Gasteiger partial charge >= 0.3 is 0 Å². The minimum absolute atomic E-state index is 0.0167. The van der Waals surface area contributed by atoms with E-state index < -0.39 is 0 Å². The molecule has 5 nitrogen and oxygen atoms in total. The lowest BCUT2D eigenvalue weighted by atomic mass is 9.88. The molecule has 0 saturated heterocycles. The number of hydrogen-bond acceptors (Lipinski definition) is 5. The van der Waals surface area contributed by atoms with Crippen molar-refractivity contribution in [2.45, 2.75) is 32.1 Å². The first-order valence-electron chi connectivity index (χ1n) is 8.61. The predicted molar refractivity (Wildman–Crippen MR) is 109 cm³/mol. The van der Waals surface area contributed by atoms with Crippen LogP contribution in [0.1, 0.15) is 48.8 Å². The zero-order valence-electron chi connectivity index (χ0n) is 15.1. The van der Waals surface area contributed by atoms with Gasteiger partial charge in [-0.05, 0) is 35.2 Å². The van der Waals surface area contributed by atoms with Gasteiger partial charge in [-0.2, -0.15) is 5.10 Å². The van der Waals surface area contributed by atoms with Crippen molar-refractivity contribution in [2.24, 2.45) is 5.10 Å². The van der Waals surface area contributed by atoms with Gasteiger partial charge in [-0.15, -0.1) is 0 Å². The maximum Gasteiger partial charge on any atom is 0.128 e. The minimum Gasteiger partial charge on any atom is -0.508 e. The number of hydrogen-bond donors (Lipinski definition) is 4. The van der Waals surface area contributed by atoms with Crippen molar-refractivity contribution in [3.63, 3.8) is 0 Å². The van der Waals surface area contributed by atoms with Crippen LogP contribution < -0.4 is 10.7 Å². The summed E-state index contributed by atoms with van der Waals surface area (Å²) >= 11 is 5.47. The summed E-state index contributed by atoms with van der Waals surface area (Å²) in [5.41, 5.74) is 7.16. The predicted octanol–water partition coefficient (Wildman–Crippen LogP) is 4.07. The lowest BCUT2D eigenvalue weighted by molar-refractivity contribution is 0.443. The molecule has 136 valence electrons. The molecule has 3 rings (SSSR count). The molecule has 0 aliphatic carbocycles. The van der Waals surface area contributed by atoms with E-state index in [1.165, 1.54) is 6.07 Å². The number of nitrogens with one attached hydrogen (secondary N) is 2.